The van der Waals surface area contributed by atoms with Crippen LogP contribution in [0.3, 0.4) is 0 Å². The molecule has 0 heterocycles. The highest BCUT2D eigenvalue weighted by Crippen LogP contribution is 2.43. The predicted octanol–water partition coefficient (Wildman–Crippen LogP) is 17.8. The van der Waals surface area contributed by atoms with E-state index in [1.165, 1.54) is 250 Å². The van der Waals surface area contributed by atoms with Crippen molar-refractivity contribution in [1.29, 1.82) is 0 Å². The van der Waals surface area contributed by atoms with Crippen molar-refractivity contribution >= 4 is 13.7 Å². The Bertz CT molecular complexity index is 1100. The summed E-state index contributed by atoms with van der Waals surface area (Å²) in [6.07, 6.45) is 61.7. The van der Waals surface area contributed by atoms with Crippen molar-refractivity contribution in [3.63, 3.8) is 0 Å². The summed E-state index contributed by atoms with van der Waals surface area (Å²) in [7, 11) is 1.59. The fourth-order valence-electron chi connectivity index (χ4n) is 9.10. The molecule has 0 aliphatic heterocycles. The molecule has 0 bridgehead atoms. The van der Waals surface area contributed by atoms with Crippen LogP contribution >= 0.6 is 7.82 Å². The van der Waals surface area contributed by atoms with Gasteiger partial charge in [0.15, 0.2) is 0 Å². The maximum atomic E-state index is 13.0. The van der Waals surface area contributed by atoms with Gasteiger partial charge in [-0.2, -0.15) is 0 Å². The van der Waals surface area contributed by atoms with Crippen LogP contribution in [0.25, 0.3) is 0 Å². The molecule has 0 aliphatic carbocycles. The summed E-state index contributed by atoms with van der Waals surface area (Å²) < 4.78 is 23.7. The summed E-state index contributed by atoms with van der Waals surface area (Å²) in [6.45, 7) is 4.87. The van der Waals surface area contributed by atoms with Crippen LogP contribution in [0.5, 0.6) is 0 Å². The van der Waals surface area contributed by atoms with E-state index in [9.17, 15) is 19.4 Å². The van der Waals surface area contributed by atoms with Crippen molar-refractivity contribution < 1.29 is 32.9 Å². The molecule has 400 valence electrons. The maximum absolute atomic E-state index is 13.0. The number of rotatable bonds is 55. The van der Waals surface area contributed by atoms with E-state index in [1.54, 1.807) is 6.08 Å². The highest BCUT2D eigenvalue weighted by molar-refractivity contribution is 7.47. The summed E-state index contributed by atoms with van der Waals surface area (Å²) in [5, 5.41) is 13.9. The number of carbonyl (C=O) groups excluding carboxylic acids is 1. The van der Waals surface area contributed by atoms with E-state index in [1.807, 2.05) is 27.2 Å². The van der Waals surface area contributed by atoms with Gasteiger partial charge >= 0.3 is 7.82 Å². The van der Waals surface area contributed by atoms with E-state index in [2.05, 4.69) is 19.2 Å². The zero-order valence-corrected chi connectivity index (χ0v) is 46.6. The van der Waals surface area contributed by atoms with E-state index in [4.69, 9.17) is 9.05 Å². The zero-order chi connectivity index (χ0) is 49.2. The van der Waals surface area contributed by atoms with Crippen molar-refractivity contribution in [2.45, 2.75) is 315 Å². The SMILES string of the molecule is CCCCCCCCCCCCCCCCCCC/C=C/C(O)C(COP(=O)(O)OCC[N+](C)(C)C)NC(=O)CCCCCCCCCCCCCCCCCCCCCCCCCCCC. The van der Waals surface area contributed by atoms with Crippen molar-refractivity contribution in [2.24, 2.45) is 0 Å². The number of phosphoric acid groups is 1. The smallest absolute Gasteiger partial charge is 0.387 e. The van der Waals surface area contributed by atoms with E-state index >= 15 is 0 Å². The minimum absolute atomic E-state index is 0.0652. The molecule has 0 saturated carbocycles. The minimum Gasteiger partial charge on any atom is -0.387 e. The highest BCUT2D eigenvalue weighted by Gasteiger charge is 2.27. The fraction of sp³-hybridized carbons (Fsp3) is 0.948. The van der Waals surface area contributed by atoms with Gasteiger partial charge in [-0.05, 0) is 19.3 Å². The van der Waals surface area contributed by atoms with Crippen LogP contribution in [0.2, 0.25) is 0 Å². The lowest BCUT2D eigenvalue weighted by Gasteiger charge is -2.25. The lowest BCUT2D eigenvalue weighted by atomic mass is 10.0. The first kappa shape index (κ1) is 66.2. The van der Waals surface area contributed by atoms with Gasteiger partial charge in [0.2, 0.25) is 5.91 Å². The predicted molar refractivity (Wildman–Crippen MR) is 291 cm³/mol. The normalized spacial score (nSPS) is 14.0. The molecule has 3 N–H and O–H groups in total. The first-order chi connectivity index (χ1) is 32.5. The quantitative estimate of drug-likeness (QED) is 0.0243. The van der Waals surface area contributed by atoms with Gasteiger partial charge < -0.3 is 19.8 Å². The number of hydrogen-bond acceptors (Lipinski definition) is 5. The Morgan fingerprint density at radius 3 is 1.10 bits per heavy atom. The minimum atomic E-state index is -4.34. The largest absolute Gasteiger partial charge is 0.472 e. The van der Waals surface area contributed by atoms with Crippen LogP contribution in [0, 0.1) is 0 Å². The molecule has 3 unspecified atom stereocenters. The number of allylic oxidation sites excluding steroid dienone is 1. The molecule has 0 spiro atoms. The van der Waals surface area contributed by atoms with Gasteiger partial charge in [0.05, 0.1) is 39.9 Å². The number of phosphoric ester groups is 1. The average molecular weight is 971 g/mol. The summed E-state index contributed by atoms with van der Waals surface area (Å²) in [5.41, 5.74) is 0. The lowest BCUT2D eigenvalue weighted by Crippen LogP contribution is -2.45. The molecule has 0 aromatic rings. The van der Waals surface area contributed by atoms with Gasteiger partial charge in [-0.25, -0.2) is 4.57 Å². The second-order valence-electron chi connectivity index (χ2n) is 21.7. The average Bonchev–Trinajstić information content (AvgIpc) is 3.29. The molecule has 0 fully saturated rings. The Kier molecular flexibility index (Phi) is 49.6. The Labute approximate surface area is 418 Å². The van der Waals surface area contributed by atoms with Gasteiger partial charge in [0.1, 0.15) is 13.2 Å². The first-order valence-electron chi connectivity index (χ1n) is 29.6. The molecule has 3 atom stereocenters. The van der Waals surface area contributed by atoms with E-state index in [0.717, 1.165) is 32.1 Å². The molecule has 0 aromatic carbocycles. The third kappa shape index (κ3) is 52.9. The van der Waals surface area contributed by atoms with Gasteiger partial charge in [0, 0.05) is 6.42 Å². The van der Waals surface area contributed by atoms with Crippen molar-refractivity contribution in [2.75, 3.05) is 40.9 Å². The van der Waals surface area contributed by atoms with E-state index in [-0.39, 0.29) is 19.1 Å². The Morgan fingerprint density at radius 1 is 0.493 bits per heavy atom. The third-order valence-electron chi connectivity index (χ3n) is 13.8. The molecule has 0 aliphatic rings. The highest BCUT2D eigenvalue weighted by atomic mass is 31.2. The van der Waals surface area contributed by atoms with Crippen molar-refractivity contribution in [3.05, 3.63) is 12.2 Å². The molecule has 9 heteroatoms. The summed E-state index contributed by atoms with van der Waals surface area (Å²) in [4.78, 5) is 23.3. The molecule has 0 saturated heterocycles. The van der Waals surface area contributed by atoms with Gasteiger partial charge in [-0.1, -0.05) is 289 Å². The molecular weight excluding hydrogens is 852 g/mol. The molecule has 0 rings (SSSR count). The van der Waals surface area contributed by atoms with Crippen LogP contribution in [0.15, 0.2) is 12.2 Å². The number of amides is 1. The summed E-state index contributed by atoms with van der Waals surface area (Å²) >= 11 is 0. The molecular formula is C58H118N2O6P+. The van der Waals surface area contributed by atoms with Crippen LogP contribution in [-0.4, -0.2) is 73.4 Å². The Hall–Kier alpha value is -0.760. The number of quaternary nitrogens is 1. The van der Waals surface area contributed by atoms with Crippen LogP contribution in [0.1, 0.15) is 303 Å². The summed E-state index contributed by atoms with van der Waals surface area (Å²) in [5.74, 6) is -0.169. The van der Waals surface area contributed by atoms with Gasteiger partial charge in [-0.15, -0.1) is 0 Å². The number of carbonyl (C=O) groups is 1. The molecule has 1 amide bonds. The monoisotopic (exact) mass is 970 g/mol. The number of hydrogen-bond donors (Lipinski definition) is 3. The van der Waals surface area contributed by atoms with Crippen molar-refractivity contribution in [3.8, 4) is 0 Å². The van der Waals surface area contributed by atoms with E-state index in [0.29, 0.717) is 17.4 Å². The Balaban J connectivity index is 4.13. The van der Waals surface area contributed by atoms with Gasteiger partial charge in [0.25, 0.3) is 0 Å². The second kappa shape index (κ2) is 50.2. The van der Waals surface area contributed by atoms with E-state index < -0.39 is 20.0 Å². The molecule has 8 nitrogen and oxygen atoms in total. The number of unbranched alkanes of at least 4 members (excludes halogenated alkanes) is 42. The number of likely N-dealkylation sites (N-methyl/N-ethyl adjacent to an activating group) is 1. The van der Waals surface area contributed by atoms with Crippen LogP contribution < -0.4 is 5.32 Å². The van der Waals surface area contributed by atoms with Crippen LogP contribution in [-0.2, 0) is 18.4 Å². The number of aliphatic hydroxyl groups excluding tert-OH is 1. The molecule has 0 radical (unpaired) electrons. The molecule has 0 aromatic heterocycles. The van der Waals surface area contributed by atoms with Crippen molar-refractivity contribution in [1.82, 2.24) is 5.32 Å². The topological polar surface area (TPSA) is 105 Å². The third-order valence-corrected chi connectivity index (χ3v) is 14.7. The number of nitrogens with zero attached hydrogens (tertiary/aromatic N) is 1. The second-order valence-corrected chi connectivity index (χ2v) is 23.2. The number of nitrogens with one attached hydrogen (secondary N) is 1. The van der Waals surface area contributed by atoms with Crippen LogP contribution in [0.4, 0.5) is 0 Å². The Morgan fingerprint density at radius 2 is 0.791 bits per heavy atom. The lowest BCUT2D eigenvalue weighted by molar-refractivity contribution is -0.870. The molecule has 67 heavy (non-hydrogen) atoms. The fourth-order valence-corrected chi connectivity index (χ4v) is 9.84. The van der Waals surface area contributed by atoms with Gasteiger partial charge in [-0.3, -0.25) is 13.8 Å². The first-order valence-corrected chi connectivity index (χ1v) is 31.1. The maximum Gasteiger partial charge on any atom is 0.472 e. The standard InChI is InChI=1S/C58H117N2O6P/c1-6-8-10-12-14-16-18-20-22-24-26-27-28-29-30-31-32-34-36-38-40-42-44-46-48-50-52-58(62)59-56(55-66-67(63,64)65-54-53-60(3,4)5)57(61)51-49-47-45-43-41-39-37-35-33-25-23-21-19-17-15-13-11-9-7-2/h49,51,56-57,61H,6-48,50,52-55H2,1-5H3,(H-,59,62,63,64)/p+1/b51-49+. The number of aliphatic hydroxyl groups is 1. The zero-order valence-electron chi connectivity index (χ0n) is 45.7. The summed E-state index contributed by atoms with van der Waals surface area (Å²) in [6, 6.07) is -0.842.